The smallest absolute Gasteiger partial charge is 0.293 e. The summed E-state index contributed by atoms with van der Waals surface area (Å²) in [5.74, 6) is -0.570. The summed E-state index contributed by atoms with van der Waals surface area (Å²) in [7, 11) is 0. The second-order valence-corrected chi connectivity index (χ2v) is 4.85. The summed E-state index contributed by atoms with van der Waals surface area (Å²) in [5.41, 5.74) is 6.43. The molecule has 0 fully saturated rings. The Morgan fingerprint density at radius 3 is 2.58 bits per heavy atom. The lowest BCUT2D eigenvalue weighted by atomic mass is 9.95. The number of carbonyl (C=O) groups excluding carboxylic acids is 1. The van der Waals surface area contributed by atoms with Crippen molar-refractivity contribution >= 4 is 17.3 Å². The summed E-state index contributed by atoms with van der Waals surface area (Å²) < 4.78 is 0. The Bertz CT molecular complexity index is 486. The van der Waals surface area contributed by atoms with Crippen LogP contribution in [0.3, 0.4) is 0 Å². The minimum Gasteiger partial charge on any atom is -0.330 e. The number of aryl methyl sites for hydroxylation is 1. The molecule has 3 N–H and O–H groups in total. The van der Waals surface area contributed by atoms with Crippen LogP contribution in [-0.4, -0.2) is 17.4 Å². The fourth-order valence-corrected chi connectivity index (χ4v) is 1.81. The predicted molar refractivity (Wildman–Crippen MR) is 73.8 cm³/mol. The van der Waals surface area contributed by atoms with Crippen LogP contribution in [-0.2, 0) is 4.79 Å². The summed E-state index contributed by atoms with van der Waals surface area (Å²) in [6.45, 7) is 5.75. The van der Waals surface area contributed by atoms with Gasteiger partial charge in [-0.25, -0.2) is 0 Å². The molecule has 0 aromatic heterocycles. The number of hydrogen-bond acceptors (Lipinski definition) is 4. The van der Waals surface area contributed by atoms with Crippen molar-refractivity contribution in [1.82, 2.24) is 0 Å². The molecule has 1 atom stereocenters. The van der Waals surface area contributed by atoms with Crippen LogP contribution in [0.2, 0.25) is 0 Å². The number of nitrogens with one attached hydrogen (secondary N) is 1. The largest absolute Gasteiger partial charge is 0.330 e. The van der Waals surface area contributed by atoms with Crippen LogP contribution < -0.4 is 11.1 Å². The zero-order valence-corrected chi connectivity index (χ0v) is 11.3. The minimum atomic E-state index is -0.505. The molecule has 0 aliphatic heterocycles. The first-order valence-corrected chi connectivity index (χ1v) is 6.12. The predicted octanol–water partition coefficient (Wildman–Crippen LogP) is 2.07. The van der Waals surface area contributed by atoms with Crippen molar-refractivity contribution < 1.29 is 9.72 Å². The lowest BCUT2D eigenvalue weighted by Crippen LogP contribution is -2.33. The Morgan fingerprint density at radius 1 is 1.47 bits per heavy atom. The number of nitro benzene ring substituents is 1. The first kappa shape index (κ1) is 15.1. The van der Waals surface area contributed by atoms with Crippen molar-refractivity contribution in [3.05, 3.63) is 33.9 Å². The summed E-state index contributed by atoms with van der Waals surface area (Å²) in [6, 6.07) is 4.69. The van der Waals surface area contributed by atoms with Crippen molar-refractivity contribution in [2.45, 2.75) is 20.8 Å². The van der Waals surface area contributed by atoms with Crippen molar-refractivity contribution in [2.24, 2.45) is 17.6 Å². The van der Waals surface area contributed by atoms with Crippen LogP contribution in [0, 0.1) is 28.9 Å². The molecule has 0 saturated carbocycles. The van der Waals surface area contributed by atoms with Crippen LogP contribution in [0.4, 0.5) is 11.4 Å². The van der Waals surface area contributed by atoms with Gasteiger partial charge in [0, 0.05) is 12.6 Å². The maximum atomic E-state index is 12.0. The highest BCUT2D eigenvalue weighted by molar-refractivity contribution is 5.95. The van der Waals surface area contributed by atoms with Crippen molar-refractivity contribution in [3.8, 4) is 0 Å². The summed E-state index contributed by atoms with van der Waals surface area (Å²) in [6.07, 6.45) is 0. The molecule has 19 heavy (non-hydrogen) atoms. The molecule has 1 unspecified atom stereocenters. The highest BCUT2D eigenvalue weighted by Gasteiger charge is 2.23. The average Bonchev–Trinajstić information content (AvgIpc) is 2.31. The van der Waals surface area contributed by atoms with E-state index in [1.54, 1.807) is 19.1 Å². The van der Waals surface area contributed by atoms with E-state index in [9.17, 15) is 14.9 Å². The van der Waals surface area contributed by atoms with E-state index < -0.39 is 4.92 Å². The van der Waals surface area contributed by atoms with Gasteiger partial charge in [-0.05, 0) is 24.5 Å². The van der Waals surface area contributed by atoms with E-state index in [4.69, 9.17) is 5.73 Å². The van der Waals surface area contributed by atoms with Crippen LogP contribution in [0.25, 0.3) is 0 Å². The van der Waals surface area contributed by atoms with Gasteiger partial charge in [-0.2, -0.15) is 0 Å². The van der Waals surface area contributed by atoms with Gasteiger partial charge < -0.3 is 11.1 Å². The van der Waals surface area contributed by atoms with E-state index in [0.29, 0.717) is 0 Å². The molecule has 0 heterocycles. The monoisotopic (exact) mass is 265 g/mol. The standard InChI is InChI=1S/C13H19N3O3/c1-8(2)10(7-14)13(17)15-11-5-4-9(3)6-12(11)16(18)19/h4-6,8,10H,7,14H2,1-3H3,(H,15,17). The molecule has 1 aromatic carbocycles. The van der Waals surface area contributed by atoms with Gasteiger partial charge >= 0.3 is 0 Å². The zero-order chi connectivity index (χ0) is 14.6. The molecule has 0 bridgehead atoms. The number of nitrogens with two attached hydrogens (primary N) is 1. The van der Waals surface area contributed by atoms with Gasteiger partial charge in [0.05, 0.1) is 10.8 Å². The average molecular weight is 265 g/mol. The number of benzene rings is 1. The number of rotatable bonds is 5. The molecular formula is C13H19N3O3. The van der Waals surface area contributed by atoms with Gasteiger partial charge in [0.15, 0.2) is 0 Å². The third-order valence-electron chi connectivity index (χ3n) is 3.00. The van der Waals surface area contributed by atoms with Crippen molar-refractivity contribution in [3.63, 3.8) is 0 Å². The first-order valence-electron chi connectivity index (χ1n) is 6.12. The molecular weight excluding hydrogens is 246 g/mol. The first-order chi connectivity index (χ1) is 8.86. The molecule has 1 aromatic rings. The second-order valence-electron chi connectivity index (χ2n) is 4.85. The Morgan fingerprint density at radius 2 is 2.11 bits per heavy atom. The third-order valence-corrected chi connectivity index (χ3v) is 3.00. The van der Waals surface area contributed by atoms with Crippen LogP contribution in [0.15, 0.2) is 18.2 Å². The molecule has 104 valence electrons. The Kier molecular flexibility index (Phi) is 5.00. The zero-order valence-electron chi connectivity index (χ0n) is 11.3. The van der Waals surface area contributed by atoms with Crippen LogP contribution in [0.1, 0.15) is 19.4 Å². The normalized spacial score (nSPS) is 12.3. The number of anilines is 1. The summed E-state index contributed by atoms with van der Waals surface area (Å²) in [5, 5.41) is 13.5. The van der Waals surface area contributed by atoms with Gasteiger partial charge in [-0.15, -0.1) is 0 Å². The fourth-order valence-electron chi connectivity index (χ4n) is 1.81. The number of carbonyl (C=O) groups is 1. The summed E-state index contributed by atoms with van der Waals surface area (Å²) >= 11 is 0. The molecule has 0 radical (unpaired) electrons. The molecule has 6 nitrogen and oxygen atoms in total. The van der Waals surface area contributed by atoms with Gasteiger partial charge in [0.2, 0.25) is 5.91 Å². The number of nitrogens with zero attached hydrogens (tertiary/aromatic N) is 1. The quantitative estimate of drug-likeness (QED) is 0.629. The lowest BCUT2D eigenvalue weighted by Gasteiger charge is -2.18. The highest BCUT2D eigenvalue weighted by atomic mass is 16.6. The van der Waals surface area contributed by atoms with Crippen LogP contribution >= 0.6 is 0 Å². The van der Waals surface area contributed by atoms with E-state index in [0.717, 1.165) is 5.56 Å². The Balaban J connectivity index is 2.99. The van der Waals surface area contributed by atoms with Gasteiger partial charge in [-0.1, -0.05) is 19.9 Å². The van der Waals surface area contributed by atoms with Crippen molar-refractivity contribution in [2.75, 3.05) is 11.9 Å². The van der Waals surface area contributed by atoms with Gasteiger partial charge in [0.1, 0.15) is 5.69 Å². The molecule has 0 aliphatic rings. The number of nitro groups is 1. The topological polar surface area (TPSA) is 98.3 Å². The lowest BCUT2D eigenvalue weighted by molar-refractivity contribution is -0.384. The molecule has 1 amide bonds. The Labute approximate surface area is 112 Å². The third kappa shape index (κ3) is 3.75. The van der Waals surface area contributed by atoms with E-state index in [1.807, 2.05) is 13.8 Å². The second kappa shape index (κ2) is 6.29. The highest BCUT2D eigenvalue weighted by Crippen LogP contribution is 2.26. The summed E-state index contributed by atoms with van der Waals surface area (Å²) in [4.78, 5) is 22.5. The van der Waals surface area contributed by atoms with Gasteiger partial charge in [0.25, 0.3) is 5.69 Å². The van der Waals surface area contributed by atoms with E-state index >= 15 is 0 Å². The fraction of sp³-hybridized carbons (Fsp3) is 0.462. The minimum absolute atomic E-state index is 0.0782. The number of hydrogen-bond donors (Lipinski definition) is 2. The maximum absolute atomic E-state index is 12.0. The van der Waals surface area contributed by atoms with E-state index in [-0.39, 0.29) is 35.7 Å². The van der Waals surface area contributed by atoms with Crippen molar-refractivity contribution in [1.29, 1.82) is 0 Å². The number of amides is 1. The molecule has 0 saturated heterocycles. The molecule has 0 aliphatic carbocycles. The molecule has 1 rings (SSSR count). The van der Waals surface area contributed by atoms with Crippen LogP contribution in [0.5, 0.6) is 0 Å². The molecule has 6 heteroatoms. The maximum Gasteiger partial charge on any atom is 0.293 e. The van der Waals surface area contributed by atoms with Gasteiger partial charge in [-0.3, -0.25) is 14.9 Å². The van der Waals surface area contributed by atoms with E-state index in [1.165, 1.54) is 6.07 Å². The SMILES string of the molecule is Cc1ccc(NC(=O)C(CN)C(C)C)c([N+](=O)[O-])c1. The molecule has 0 spiro atoms. The Hall–Kier alpha value is -1.95. The van der Waals surface area contributed by atoms with E-state index in [2.05, 4.69) is 5.32 Å².